The number of hydrogen-bond acceptors (Lipinski definition) is 5. The highest BCUT2D eigenvalue weighted by Crippen LogP contribution is 2.18. The normalized spacial score (nSPS) is 16.2. The Morgan fingerprint density at radius 1 is 1.11 bits per heavy atom. The van der Waals surface area contributed by atoms with Gasteiger partial charge in [0, 0.05) is 38.1 Å². The molecule has 1 aliphatic heterocycles. The molecule has 0 saturated carbocycles. The number of sulfonamides is 1. The smallest absolute Gasteiger partial charge is 0.236 e. The fourth-order valence-electron chi connectivity index (χ4n) is 3.22. The summed E-state index contributed by atoms with van der Waals surface area (Å²) < 4.78 is 26.8. The van der Waals surface area contributed by atoms with E-state index in [1.54, 1.807) is 20.5 Å². The van der Waals surface area contributed by atoms with Crippen LogP contribution in [-0.4, -0.2) is 68.2 Å². The summed E-state index contributed by atoms with van der Waals surface area (Å²) in [5.74, 6) is 0.0868. The van der Waals surface area contributed by atoms with E-state index in [4.69, 9.17) is 0 Å². The van der Waals surface area contributed by atoms with Crippen LogP contribution in [0.15, 0.2) is 41.8 Å². The van der Waals surface area contributed by atoms with Gasteiger partial charge in [0.1, 0.15) is 0 Å². The largest absolute Gasteiger partial charge is 0.339 e. The lowest BCUT2D eigenvalue weighted by atomic mass is 10.2. The Kier molecular flexibility index (Phi) is 6.87. The van der Waals surface area contributed by atoms with Crippen LogP contribution in [0.3, 0.4) is 0 Å². The van der Waals surface area contributed by atoms with Crippen molar-refractivity contribution < 1.29 is 13.2 Å². The monoisotopic (exact) mass is 421 g/mol. The van der Waals surface area contributed by atoms with Gasteiger partial charge in [-0.05, 0) is 29.5 Å². The molecule has 8 heteroatoms. The Bertz CT molecular complexity index is 888. The number of piperazine rings is 1. The summed E-state index contributed by atoms with van der Waals surface area (Å²) in [6.07, 6.45) is 0. The zero-order chi connectivity index (χ0) is 20.1. The third-order valence-corrected chi connectivity index (χ3v) is 7.91. The third-order valence-electron chi connectivity index (χ3n) is 5.05. The van der Waals surface area contributed by atoms with Crippen molar-refractivity contribution >= 4 is 27.3 Å². The molecule has 1 fully saturated rings. The Hall–Kier alpha value is -1.74. The number of aryl methyl sites for hydroxylation is 1. The molecule has 0 atom stereocenters. The predicted molar refractivity (Wildman–Crippen MR) is 113 cm³/mol. The van der Waals surface area contributed by atoms with Crippen molar-refractivity contribution in [3.8, 4) is 0 Å². The summed E-state index contributed by atoms with van der Waals surface area (Å²) in [5, 5.41) is 2.04. The number of hydrogen-bond donors (Lipinski definition) is 0. The van der Waals surface area contributed by atoms with Gasteiger partial charge in [0.25, 0.3) is 0 Å². The number of benzene rings is 1. The second-order valence-corrected chi connectivity index (χ2v) is 10.2. The fourth-order valence-corrected chi connectivity index (χ4v) is 5.70. The Labute approximate surface area is 171 Å². The number of likely N-dealkylation sites (N-methyl/N-ethyl adjacent to an activating group) is 1. The van der Waals surface area contributed by atoms with Gasteiger partial charge in [-0.3, -0.25) is 9.69 Å². The van der Waals surface area contributed by atoms with E-state index >= 15 is 0 Å². The summed E-state index contributed by atoms with van der Waals surface area (Å²) in [6.45, 7) is 5.00. The number of thiophene rings is 1. The first-order valence-corrected chi connectivity index (χ1v) is 11.8. The molecule has 0 bridgehead atoms. The number of nitrogens with zero attached hydrogens (tertiary/aromatic N) is 3. The molecule has 2 heterocycles. The SMILES string of the molecule is Cc1ccsc1CN(C)C(=O)CN1CCN(S(=O)(=O)Cc2ccccc2)CC1. The summed E-state index contributed by atoms with van der Waals surface area (Å²) >= 11 is 1.66. The quantitative estimate of drug-likeness (QED) is 0.687. The molecule has 0 radical (unpaired) electrons. The van der Waals surface area contributed by atoms with Gasteiger partial charge in [-0.1, -0.05) is 30.3 Å². The molecular formula is C20H27N3O3S2. The van der Waals surface area contributed by atoms with Crippen molar-refractivity contribution in [2.75, 3.05) is 39.8 Å². The molecule has 1 saturated heterocycles. The molecule has 6 nitrogen and oxygen atoms in total. The van der Waals surface area contributed by atoms with Crippen molar-refractivity contribution in [3.63, 3.8) is 0 Å². The highest BCUT2D eigenvalue weighted by atomic mass is 32.2. The maximum absolute atomic E-state index is 12.6. The molecule has 2 aromatic rings. The number of carbonyl (C=O) groups excluding carboxylic acids is 1. The van der Waals surface area contributed by atoms with E-state index in [2.05, 4.69) is 13.0 Å². The van der Waals surface area contributed by atoms with Crippen LogP contribution in [0.4, 0.5) is 0 Å². The molecule has 28 heavy (non-hydrogen) atoms. The van der Waals surface area contributed by atoms with Crippen LogP contribution in [0.25, 0.3) is 0 Å². The van der Waals surface area contributed by atoms with Crippen molar-refractivity contribution in [2.24, 2.45) is 0 Å². The van der Waals surface area contributed by atoms with Gasteiger partial charge in [0.05, 0.1) is 18.8 Å². The topological polar surface area (TPSA) is 60.9 Å². The van der Waals surface area contributed by atoms with Crippen molar-refractivity contribution in [3.05, 3.63) is 57.8 Å². The van der Waals surface area contributed by atoms with Crippen LogP contribution >= 0.6 is 11.3 Å². The lowest BCUT2D eigenvalue weighted by molar-refractivity contribution is -0.131. The maximum Gasteiger partial charge on any atom is 0.236 e. The van der Waals surface area contributed by atoms with E-state index in [1.165, 1.54) is 10.4 Å². The summed E-state index contributed by atoms with van der Waals surface area (Å²) in [6, 6.07) is 11.3. The van der Waals surface area contributed by atoms with Crippen LogP contribution in [0.2, 0.25) is 0 Å². The molecule has 1 aromatic heterocycles. The lowest BCUT2D eigenvalue weighted by Gasteiger charge is -2.34. The Balaban J connectivity index is 1.48. The van der Waals surface area contributed by atoms with E-state index < -0.39 is 10.0 Å². The predicted octanol–water partition coefficient (Wildman–Crippen LogP) is 2.16. The molecule has 1 aliphatic rings. The minimum atomic E-state index is -3.33. The lowest BCUT2D eigenvalue weighted by Crippen LogP contribution is -2.51. The summed E-state index contributed by atoms with van der Waals surface area (Å²) in [7, 11) is -1.51. The molecule has 1 amide bonds. The van der Waals surface area contributed by atoms with Gasteiger partial charge in [-0.25, -0.2) is 8.42 Å². The molecule has 3 rings (SSSR count). The van der Waals surface area contributed by atoms with Crippen LogP contribution in [0.1, 0.15) is 16.0 Å². The Morgan fingerprint density at radius 3 is 2.39 bits per heavy atom. The summed E-state index contributed by atoms with van der Waals surface area (Å²) in [5.41, 5.74) is 2.01. The van der Waals surface area contributed by atoms with Crippen molar-refractivity contribution in [2.45, 2.75) is 19.2 Å². The zero-order valence-corrected chi connectivity index (χ0v) is 18.0. The molecular weight excluding hydrogens is 394 g/mol. The van der Waals surface area contributed by atoms with Crippen LogP contribution in [-0.2, 0) is 27.1 Å². The zero-order valence-electron chi connectivity index (χ0n) is 16.4. The highest BCUT2D eigenvalue weighted by Gasteiger charge is 2.28. The van der Waals surface area contributed by atoms with Gasteiger partial charge in [-0.15, -0.1) is 11.3 Å². The van der Waals surface area contributed by atoms with Crippen LogP contribution in [0.5, 0.6) is 0 Å². The minimum Gasteiger partial charge on any atom is -0.339 e. The first-order valence-electron chi connectivity index (χ1n) is 9.36. The molecule has 152 valence electrons. The third kappa shape index (κ3) is 5.41. The van der Waals surface area contributed by atoms with Gasteiger partial charge < -0.3 is 4.90 Å². The Morgan fingerprint density at radius 2 is 1.79 bits per heavy atom. The van der Waals surface area contributed by atoms with E-state index in [0.717, 1.165) is 5.56 Å². The van der Waals surface area contributed by atoms with Gasteiger partial charge >= 0.3 is 0 Å². The fraction of sp³-hybridized carbons (Fsp3) is 0.450. The van der Waals surface area contributed by atoms with E-state index in [0.29, 0.717) is 39.3 Å². The van der Waals surface area contributed by atoms with Crippen LogP contribution in [0, 0.1) is 6.92 Å². The standard InChI is InChI=1S/C20H27N3O3S2/c1-17-8-13-27-19(17)14-21(2)20(24)15-22-9-11-23(12-10-22)28(25,26)16-18-6-4-3-5-7-18/h3-8,13H,9-12,14-16H2,1-2H3. The number of carbonyl (C=O) groups is 1. The average Bonchev–Trinajstić information content (AvgIpc) is 3.07. The summed E-state index contributed by atoms with van der Waals surface area (Å²) in [4.78, 5) is 17.5. The molecule has 0 unspecified atom stereocenters. The van der Waals surface area contributed by atoms with Gasteiger partial charge in [0.2, 0.25) is 15.9 Å². The molecule has 1 aromatic carbocycles. The second-order valence-electron chi connectivity index (χ2n) is 7.19. The molecule has 0 aliphatic carbocycles. The van der Waals surface area contributed by atoms with E-state index in [1.807, 2.05) is 47.7 Å². The van der Waals surface area contributed by atoms with Gasteiger partial charge in [-0.2, -0.15) is 4.31 Å². The molecule has 0 N–H and O–H groups in total. The average molecular weight is 422 g/mol. The molecule has 0 spiro atoms. The number of rotatable bonds is 7. The number of amides is 1. The van der Waals surface area contributed by atoms with Crippen LogP contribution < -0.4 is 0 Å². The van der Waals surface area contributed by atoms with Crippen molar-refractivity contribution in [1.29, 1.82) is 0 Å². The second kappa shape index (κ2) is 9.17. The van der Waals surface area contributed by atoms with Gasteiger partial charge in [0.15, 0.2) is 0 Å². The van der Waals surface area contributed by atoms with E-state index in [-0.39, 0.29) is 11.7 Å². The first kappa shape index (κ1) is 21.0. The van der Waals surface area contributed by atoms with Crippen molar-refractivity contribution in [1.82, 2.24) is 14.1 Å². The minimum absolute atomic E-state index is 0.0235. The first-order chi connectivity index (χ1) is 13.3. The maximum atomic E-state index is 12.6. The highest BCUT2D eigenvalue weighted by molar-refractivity contribution is 7.88. The van der Waals surface area contributed by atoms with E-state index in [9.17, 15) is 13.2 Å².